The molecule has 0 amide bonds. The molecule has 2 aromatic rings. The molecule has 0 bridgehead atoms. The van der Waals surface area contributed by atoms with E-state index < -0.39 is 0 Å². The first-order valence-corrected chi connectivity index (χ1v) is 17.0. The monoisotopic (exact) mass is 570 g/mol. The molecule has 2 aliphatic carbocycles. The van der Waals surface area contributed by atoms with Crippen LogP contribution in [0, 0.1) is 23.0 Å². The molecule has 0 aromatic heterocycles. The van der Waals surface area contributed by atoms with E-state index in [1.165, 1.54) is 33.4 Å². The van der Waals surface area contributed by atoms with Crippen molar-refractivity contribution in [1.29, 1.82) is 0 Å². The average Bonchev–Trinajstić information content (AvgIpc) is 3.45. The Morgan fingerprint density at radius 3 is 1.11 bits per heavy atom. The van der Waals surface area contributed by atoms with Gasteiger partial charge in [-0.15, -0.1) is 46.5 Å². The minimum atomic E-state index is 0. The first kappa shape index (κ1) is 34.9. The molecule has 2 aromatic carbocycles. The number of hydrogen-bond donors (Lipinski definition) is 0. The molecular formula is C32H40Cl2SiTi-2. The number of rotatable bonds is 2. The van der Waals surface area contributed by atoms with Crippen LogP contribution in [-0.4, -0.2) is 6.19 Å². The van der Waals surface area contributed by atoms with E-state index >= 15 is 0 Å². The van der Waals surface area contributed by atoms with Gasteiger partial charge in [0.15, 0.2) is 0 Å². The summed E-state index contributed by atoms with van der Waals surface area (Å²) in [7, 11) is 0. The van der Waals surface area contributed by atoms with Crippen LogP contribution in [0.2, 0.25) is 13.1 Å². The quantitative estimate of drug-likeness (QED) is 0.384. The Labute approximate surface area is 245 Å². The zero-order valence-corrected chi connectivity index (χ0v) is 27.2. The fourth-order valence-electron chi connectivity index (χ4n) is 3.50. The third-order valence-corrected chi connectivity index (χ3v) is 5.67. The van der Waals surface area contributed by atoms with E-state index in [0.29, 0.717) is 0 Å². The second-order valence-electron chi connectivity index (χ2n) is 11.1. The van der Waals surface area contributed by atoms with Gasteiger partial charge < -0.3 is 24.8 Å². The van der Waals surface area contributed by atoms with Crippen LogP contribution in [-0.2, 0) is 19.2 Å². The van der Waals surface area contributed by atoms with E-state index in [0.717, 1.165) is 12.8 Å². The van der Waals surface area contributed by atoms with E-state index in [1.54, 1.807) is 0 Å². The van der Waals surface area contributed by atoms with Crippen molar-refractivity contribution >= 4 is 17.3 Å². The molecular weight excluding hydrogens is 531 g/mol. The molecule has 0 saturated heterocycles. The zero-order valence-electron chi connectivity index (χ0n) is 23.1. The van der Waals surface area contributed by atoms with Gasteiger partial charge in [0, 0.05) is 0 Å². The molecule has 0 fully saturated rings. The van der Waals surface area contributed by atoms with E-state index in [1.807, 2.05) is 12.1 Å². The Hall–Kier alpha value is -1.09. The fraction of sp³-hybridized carbons (Fsp3) is 0.375. The van der Waals surface area contributed by atoms with Crippen LogP contribution in [0.4, 0.5) is 0 Å². The van der Waals surface area contributed by atoms with Crippen LogP contribution < -0.4 is 24.8 Å². The standard InChI is InChI=1S/2C15H17.C2H6Si.2ClH.Ti/c2*1-15(2,3)14-10-9-13(11-14)12-7-5-4-6-8-12;1-3-2;;;/h2*4-8,11H,10H2,1-3H3;1-2H3;2*1H;/q2*-1;;;;+2/p-2. The maximum atomic E-state index is 3.45. The summed E-state index contributed by atoms with van der Waals surface area (Å²) < 4.78 is 0. The van der Waals surface area contributed by atoms with Gasteiger partial charge >= 0.3 is 38.5 Å². The minimum absolute atomic E-state index is 0. The van der Waals surface area contributed by atoms with Gasteiger partial charge in [-0.2, -0.15) is 35.5 Å². The van der Waals surface area contributed by atoms with Crippen molar-refractivity contribution in [2.24, 2.45) is 10.8 Å². The van der Waals surface area contributed by atoms with Crippen molar-refractivity contribution in [1.82, 2.24) is 0 Å². The summed E-state index contributed by atoms with van der Waals surface area (Å²) >= 11 is 2.27. The fourth-order valence-corrected chi connectivity index (χ4v) is 3.50. The Kier molecular flexibility index (Phi) is 15.5. The van der Waals surface area contributed by atoms with Crippen molar-refractivity contribution in [3.63, 3.8) is 0 Å². The summed E-state index contributed by atoms with van der Waals surface area (Å²) in [6.45, 7) is 18.1. The van der Waals surface area contributed by atoms with Crippen LogP contribution in [0.1, 0.15) is 65.5 Å². The van der Waals surface area contributed by atoms with Crippen molar-refractivity contribution < 1.29 is 44.0 Å². The summed E-state index contributed by atoms with van der Waals surface area (Å²) in [5.74, 6) is 0. The molecule has 192 valence electrons. The van der Waals surface area contributed by atoms with Crippen molar-refractivity contribution in [2.75, 3.05) is 0 Å². The van der Waals surface area contributed by atoms with Crippen LogP contribution in [0.25, 0.3) is 11.1 Å². The predicted molar refractivity (Wildman–Crippen MR) is 148 cm³/mol. The van der Waals surface area contributed by atoms with Crippen LogP contribution in [0.5, 0.6) is 0 Å². The number of benzene rings is 2. The molecule has 0 nitrogen and oxygen atoms in total. The molecule has 0 unspecified atom stereocenters. The van der Waals surface area contributed by atoms with Gasteiger partial charge in [-0.25, -0.2) is 0 Å². The Morgan fingerprint density at radius 1 is 0.611 bits per heavy atom. The molecule has 4 heteroatoms. The molecule has 0 heterocycles. The molecule has 0 radical (unpaired) electrons. The molecule has 4 rings (SSSR count). The number of hydrogen-bond acceptors (Lipinski definition) is 0. The molecule has 2 aliphatic rings. The van der Waals surface area contributed by atoms with Crippen LogP contribution in [0.15, 0.2) is 84.0 Å². The minimum Gasteiger partial charge on any atom is -1.00 e. The van der Waals surface area contributed by atoms with Crippen molar-refractivity contribution in [3.05, 3.63) is 107 Å². The zero-order chi connectivity index (χ0) is 25.4. The van der Waals surface area contributed by atoms with E-state index in [4.69, 9.17) is 0 Å². The third-order valence-electron chi connectivity index (χ3n) is 5.67. The smallest absolute Gasteiger partial charge is 1.00 e. The van der Waals surface area contributed by atoms with Gasteiger partial charge in [0.2, 0.25) is 0 Å². The van der Waals surface area contributed by atoms with Gasteiger partial charge in [0.05, 0.1) is 0 Å². The van der Waals surface area contributed by atoms with Gasteiger partial charge in [0.1, 0.15) is 0 Å². The third kappa shape index (κ3) is 12.0. The van der Waals surface area contributed by atoms with Gasteiger partial charge in [-0.3, -0.25) is 0 Å². The first-order valence-electron chi connectivity index (χ1n) is 12.1. The van der Waals surface area contributed by atoms with Gasteiger partial charge in [-0.05, 0) is 10.8 Å². The largest absolute Gasteiger partial charge is 1.00 e. The number of allylic oxidation sites excluding steroid dienone is 8. The van der Waals surface area contributed by atoms with Crippen molar-refractivity contribution in [2.45, 2.75) is 67.5 Å². The molecule has 0 N–H and O–H groups in total. The summed E-state index contributed by atoms with van der Waals surface area (Å²) in [5.41, 5.74) is 8.53. The van der Waals surface area contributed by atoms with Crippen LogP contribution in [0.3, 0.4) is 0 Å². The summed E-state index contributed by atoms with van der Waals surface area (Å²) in [4.78, 5) is 0. The van der Waals surface area contributed by atoms with E-state index in [9.17, 15) is 0 Å². The molecule has 0 saturated carbocycles. The second kappa shape index (κ2) is 16.0. The van der Waals surface area contributed by atoms with E-state index in [-0.39, 0.29) is 41.8 Å². The Morgan fingerprint density at radius 2 is 0.889 bits per heavy atom. The van der Waals surface area contributed by atoms with Crippen LogP contribution >= 0.6 is 0 Å². The second-order valence-corrected chi connectivity index (χ2v) is 17.8. The Bertz CT molecular complexity index is 993. The van der Waals surface area contributed by atoms with Gasteiger partial charge in [-0.1, -0.05) is 90.8 Å². The average molecular weight is 572 g/mol. The molecule has 0 atom stereocenters. The normalized spacial score (nSPS) is 14.3. The number of halogens is 2. The molecule has 0 aliphatic heterocycles. The Balaban J connectivity index is 0.000000566. The van der Waals surface area contributed by atoms with E-state index in [2.05, 4.69) is 147 Å². The molecule has 0 spiro atoms. The summed E-state index contributed by atoms with van der Waals surface area (Å²) in [6.07, 6.45) is 13.6. The summed E-state index contributed by atoms with van der Waals surface area (Å²) in [6, 6.07) is 21.0. The maximum absolute atomic E-state index is 3.45. The first-order chi connectivity index (χ1) is 15.9. The topological polar surface area (TPSA) is 0 Å². The van der Waals surface area contributed by atoms with Gasteiger partial charge in [0.25, 0.3) is 0 Å². The molecule has 36 heavy (non-hydrogen) atoms. The SMILES string of the molecule is CC(C)(C)C1=CC(c2ccccc2)=[C-]C1.CC(C)(C)C1=CC(c2ccccc2)=[C-]C1.C[Si](C)=[Ti+2].[Cl-].[Cl-]. The van der Waals surface area contributed by atoms with Crippen molar-refractivity contribution in [3.8, 4) is 0 Å². The summed E-state index contributed by atoms with van der Waals surface area (Å²) in [5, 5.41) is 0. The predicted octanol–water partition coefficient (Wildman–Crippen LogP) is 3.29. The maximum Gasteiger partial charge on any atom is -1.00 e.